The normalized spacial score (nSPS) is 18.3. The van der Waals surface area contributed by atoms with Gasteiger partial charge in [0.1, 0.15) is 0 Å². The van der Waals surface area contributed by atoms with Gasteiger partial charge in [-0.1, -0.05) is 6.92 Å². The maximum Gasteiger partial charge on any atom is 0.384 e. The lowest BCUT2D eigenvalue weighted by Crippen LogP contribution is -2.72. The van der Waals surface area contributed by atoms with Gasteiger partial charge in [0.2, 0.25) is 0 Å². The van der Waals surface area contributed by atoms with Crippen LogP contribution in [-0.2, 0) is 0 Å². The van der Waals surface area contributed by atoms with Gasteiger partial charge in [-0.3, -0.25) is 0 Å². The van der Waals surface area contributed by atoms with Crippen molar-refractivity contribution in [1.82, 2.24) is 0 Å². The van der Waals surface area contributed by atoms with Crippen LogP contribution in [0.25, 0.3) is 0 Å². The van der Waals surface area contributed by atoms with Gasteiger partial charge in [-0.05, 0) is 0 Å². The first kappa shape index (κ1) is 22.1. The fourth-order valence-corrected chi connectivity index (χ4v) is 1.20. The molecule has 0 amide bonds. The number of aliphatic hydroxyl groups is 1. The quantitative estimate of drug-likeness (QED) is 0.647. The summed E-state index contributed by atoms with van der Waals surface area (Å²) in [5.41, 5.74) is 0. The number of hydrogen-bond donors (Lipinski definition) is 1. The highest BCUT2D eigenvalue weighted by Crippen LogP contribution is 2.60. The monoisotopic (exact) mass is 378 g/mol. The van der Waals surface area contributed by atoms with Gasteiger partial charge in [-0.25, -0.2) is 8.78 Å². The molecule has 14 heteroatoms. The van der Waals surface area contributed by atoms with Gasteiger partial charge in [0.05, 0.1) is 0 Å². The highest BCUT2D eigenvalue weighted by Gasteiger charge is 2.90. The van der Waals surface area contributed by atoms with Gasteiger partial charge in [0.25, 0.3) is 0 Å². The van der Waals surface area contributed by atoms with Gasteiger partial charge in [0.15, 0.2) is 0 Å². The molecular weight excluding hydrogens is 371 g/mol. The van der Waals surface area contributed by atoms with Crippen LogP contribution < -0.4 is 0 Å². The molecule has 0 fully saturated rings. The number of alkyl halides is 13. The first-order chi connectivity index (χ1) is 9.75. The van der Waals surface area contributed by atoms with Gasteiger partial charge in [-0.2, -0.15) is 48.3 Å². The van der Waals surface area contributed by atoms with E-state index in [9.17, 15) is 57.1 Å². The van der Waals surface area contributed by atoms with Crippen molar-refractivity contribution < 1.29 is 62.2 Å². The molecule has 0 radical (unpaired) electrons. The highest BCUT2D eigenvalue weighted by molar-refractivity contribution is 5.11. The van der Waals surface area contributed by atoms with Crippen molar-refractivity contribution in [2.24, 2.45) is 0 Å². The fourth-order valence-electron chi connectivity index (χ4n) is 1.20. The molecule has 1 nitrogen and oxygen atoms in total. The molecule has 140 valence electrons. The van der Waals surface area contributed by atoms with E-state index >= 15 is 0 Å². The van der Waals surface area contributed by atoms with E-state index in [-0.39, 0.29) is 6.92 Å². The maximum absolute atomic E-state index is 13.0. The van der Waals surface area contributed by atoms with E-state index in [0.717, 1.165) is 0 Å². The molecule has 0 aromatic rings. The zero-order chi connectivity index (χ0) is 19.3. The first-order valence-electron chi connectivity index (χ1n) is 5.34. The molecule has 1 atom stereocenters. The van der Waals surface area contributed by atoms with E-state index in [2.05, 4.69) is 0 Å². The predicted octanol–water partition coefficient (Wildman–Crippen LogP) is 4.50. The molecule has 0 saturated heterocycles. The zero-order valence-corrected chi connectivity index (χ0v) is 10.6. The standard InChI is InChI=1S/C9H7F13O/c1-2-4(12,13)6(15,16)8(19,20)9(21,22)7(17,18)5(14,23)3(10)11/h3,23H,2H2,1H3. The van der Waals surface area contributed by atoms with E-state index in [1.165, 1.54) is 0 Å². The number of hydrogen-bond acceptors (Lipinski definition) is 1. The minimum Gasteiger partial charge on any atom is -0.353 e. The summed E-state index contributed by atoms with van der Waals surface area (Å²) in [6.45, 7) is 0.102. The molecule has 0 aromatic carbocycles. The Morgan fingerprint density at radius 2 is 0.957 bits per heavy atom. The van der Waals surface area contributed by atoms with Crippen LogP contribution in [0.1, 0.15) is 13.3 Å². The second-order valence-corrected chi connectivity index (χ2v) is 4.33. The SMILES string of the molecule is CCC(F)(F)C(F)(F)C(F)(F)C(F)(F)C(F)(F)C(O)(F)C(F)F. The van der Waals surface area contributed by atoms with E-state index in [1.807, 2.05) is 0 Å². The Bertz CT molecular complexity index is 427. The molecule has 0 spiro atoms. The molecule has 0 heterocycles. The van der Waals surface area contributed by atoms with Gasteiger partial charge in [0, 0.05) is 6.42 Å². The molecule has 0 rings (SSSR count). The van der Waals surface area contributed by atoms with Crippen LogP contribution in [0, 0.1) is 0 Å². The average molecular weight is 378 g/mol. The molecule has 0 aliphatic rings. The fraction of sp³-hybridized carbons (Fsp3) is 1.00. The summed E-state index contributed by atoms with van der Waals surface area (Å²) in [5.74, 6) is -42.9. The third-order valence-corrected chi connectivity index (χ3v) is 2.82. The Morgan fingerprint density at radius 1 is 0.652 bits per heavy atom. The van der Waals surface area contributed by atoms with Crippen LogP contribution in [0.5, 0.6) is 0 Å². The summed E-state index contributed by atoms with van der Waals surface area (Å²) in [4.78, 5) is 0. The molecule has 1 unspecified atom stereocenters. The minimum absolute atomic E-state index is 0.102. The molecule has 0 aromatic heterocycles. The zero-order valence-electron chi connectivity index (χ0n) is 10.6. The molecule has 23 heavy (non-hydrogen) atoms. The van der Waals surface area contributed by atoms with E-state index in [4.69, 9.17) is 5.11 Å². The van der Waals surface area contributed by atoms with Gasteiger partial charge >= 0.3 is 41.9 Å². The Hall–Kier alpha value is -0.950. The van der Waals surface area contributed by atoms with Crippen LogP contribution in [-0.4, -0.2) is 47.0 Å². The Kier molecular flexibility index (Phi) is 5.32. The molecule has 0 aliphatic carbocycles. The van der Waals surface area contributed by atoms with Crippen molar-refractivity contribution in [2.45, 2.75) is 55.2 Å². The molecule has 1 N–H and O–H groups in total. The lowest BCUT2D eigenvalue weighted by Gasteiger charge is -2.41. The van der Waals surface area contributed by atoms with Gasteiger partial charge in [-0.15, -0.1) is 0 Å². The largest absolute Gasteiger partial charge is 0.384 e. The van der Waals surface area contributed by atoms with Crippen molar-refractivity contribution in [3.05, 3.63) is 0 Å². The summed E-state index contributed by atoms with van der Waals surface area (Å²) >= 11 is 0. The molecule has 0 aliphatic heterocycles. The van der Waals surface area contributed by atoms with Crippen molar-refractivity contribution in [1.29, 1.82) is 0 Å². The van der Waals surface area contributed by atoms with E-state index in [1.54, 1.807) is 0 Å². The lowest BCUT2D eigenvalue weighted by atomic mass is 9.90. The Balaban J connectivity index is 6.29. The second kappa shape index (κ2) is 5.55. The summed E-state index contributed by atoms with van der Waals surface area (Å²) in [6, 6.07) is 0. The Morgan fingerprint density at radius 3 is 1.22 bits per heavy atom. The molecular formula is C9H7F13O. The topological polar surface area (TPSA) is 20.2 Å². The summed E-state index contributed by atoms with van der Waals surface area (Å²) < 4.78 is 165. The van der Waals surface area contributed by atoms with Crippen molar-refractivity contribution in [3.63, 3.8) is 0 Å². The third kappa shape index (κ3) is 2.71. The minimum atomic E-state index is -7.80. The highest BCUT2D eigenvalue weighted by atomic mass is 19.4. The maximum atomic E-state index is 13.0. The summed E-state index contributed by atoms with van der Waals surface area (Å²) in [6.07, 6.45) is -7.68. The summed E-state index contributed by atoms with van der Waals surface area (Å²) in [5, 5.41) is 7.93. The second-order valence-electron chi connectivity index (χ2n) is 4.33. The lowest BCUT2D eigenvalue weighted by molar-refractivity contribution is -0.442. The van der Waals surface area contributed by atoms with Crippen molar-refractivity contribution in [2.75, 3.05) is 0 Å². The van der Waals surface area contributed by atoms with Crippen molar-refractivity contribution >= 4 is 0 Å². The average Bonchev–Trinajstić information content (AvgIpc) is 2.37. The summed E-state index contributed by atoms with van der Waals surface area (Å²) in [7, 11) is 0. The van der Waals surface area contributed by atoms with Gasteiger partial charge < -0.3 is 5.11 Å². The van der Waals surface area contributed by atoms with Crippen LogP contribution in [0.3, 0.4) is 0 Å². The van der Waals surface area contributed by atoms with E-state index in [0.29, 0.717) is 0 Å². The Labute approximate surface area is 119 Å². The van der Waals surface area contributed by atoms with Crippen LogP contribution in [0.4, 0.5) is 57.1 Å². The first-order valence-corrected chi connectivity index (χ1v) is 5.34. The van der Waals surface area contributed by atoms with Crippen molar-refractivity contribution in [3.8, 4) is 0 Å². The van der Waals surface area contributed by atoms with E-state index < -0.39 is 48.3 Å². The molecule has 0 bridgehead atoms. The molecule has 0 saturated carbocycles. The van der Waals surface area contributed by atoms with Crippen LogP contribution in [0.15, 0.2) is 0 Å². The predicted molar refractivity (Wildman–Crippen MR) is 47.1 cm³/mol. The smallest absolute Gasteiger partial charge is 0.353 e. The number of rotatable bonds is 7. The number of halogens is 13. The van der Waals surface area contributed by atoms with Crippen LogP contribution >= 0.6 is 0 Å². The third-order valence-electron chi connectivity index (χ3n) is 2.82. The van der Waals surface area contributed by atoms with Crippen LogP contribution in [0.2, 0.25) is 0 Å².